The summed E-state index contributed by atoms with van der Waals surface area (Å²) in [6, 6.07) is 8.65. The van der Waals surface area contributed by atoms with Crippen LogP contribution in [0, 0.1) is 0 Å². The summed E-state index contributed by atoms with van der Waals surface area (Å²) < 4.78 is 0.727. The van der Waals surface area contributed by atoms with Crippen LogP contribution in [0.2, 0.25) is 0 Å². The Morgan fingerprint density at radius 3 is 2.89 bits per heavy atom. The monoisotopic (exact) mass is 307 g/mol. The number of hydrogen-bond acceptors (Lipinski definition) is 4. The van der Waals surface area contributed by atoms with Gasteiger partial charge in [0.1, 0.15) is 0 Å². The third-order valence-electron chi connectivity index (χ3n) is 2.30. The first kappa shape index (κ1) is 12.5. The van der Waals surface area contributed by atoms with E-state index in [-0.39, 0.29) is 5.56 Å². The summed E-state index contributed by atoms with van der Waals surface area (Å²) >= 11 is 3.25. The van der Waals surface area contributed by atoms with Crippen molar-refractivity contribution >= 4 is 27.6 Å². The van der Waals surface area contributed by atoms with Gasteiger partial charge in [0.05, 0.1) is 17.8 Å². The molecule has 1 aromatic carbocycles. The van der Waals surface area contributed by atoms with Gasteiger partial charge in [0.2, 0.25) is 0 Å². The highest BCUT2D eigenvalue weighted by molar-refractivity contribution is 9.10. The summed E-state index contributed by atoms with van der Waals surface area (Å²) in [4.78, 5) is 11.1. The normalized spacial score (nSPS) is 10.1. The quantitative estimate of drug-likeness (QED) is 0.908. The highest BCUT2D eigenvalue weighted by Gasteiger charge is 2.10. The molecule has 1 aromatic heterocycles. The Hall–Kier alpha value is -1.95. The molecule has 5 nitrogen and oxygen atoms in total. The first-order chi connectivity index (χ1) is 8.66. The van der Waals surface area contributed by atoms with E-state index in [1.165, 1.54) is 0 Å². The van der Waals surface area contributed by atoms with Crippen LogP contribution < -0.4 is 5.32 Å². The van der Waals surface area contributed by atoms with E-state index in [0.717, 1.165) is 10.2 Å². The summed E-state index contributed by atoms with van der Waals surface area (Å²) in [5.41, 5.74) is 1.52. The number of benzene rings is 1. The van der Waals surface area contributed by atoms with Gasteiger partial charge in [-0.05, 0) is 30.3 Å². The number of carboxylic acid groups (broad SMARTS) is 1. The van der Waals surface area contributed by atoms with Gasteiger partial charge in [-0.1, -0.05) is 15.9 Å². The molecule has 0 spiro atoms. The number of aromatic nitrogens is 2. The summed E-state index contributed by atoms with van der Waals surface area (Å²) in [6.45, 7) is 0.426. The first-order valence-electron chi connectivity index (χ1n) is 5.20. The van der Waals surface area contributed by atoms with E-state index < -0.39 is 5.97 Å². The van der Waals surface area contributed by atoms with Crippen LogP contribution in [0.25, 0.3) is 0 Å². The second kappa shape index (κ2) is 5.59. The van der Waals surface area contributed by atoms with E-state index in [0.29, 0.717) is 12.2 Å². The minimum Gasteiger partial charge on any atom is -0.478 e. The van der Waals surface area contributed by atoms with Gasteiger partial charge < -0.3 is 10.4 Å². The minimum absolute atomic E-state index is 0.216. The van der Waals surface area contributed by atoms with E-state index >= 15 is 0 Å². The molecule has 2 N–H and O–H groups in total. The zero-order valence-corrected chi connectivity index (χ0v) is 10.9. The smallest absolute Gasteiger partial charge is 0.337 e. The number of nitrogens with zero attached hydrogens (tertiary/aromatic N) is 2. The molecular weight excluding hydrogens is 298 g/mol. The molecule has 0 bridgehead atoms. The van der Waals surface area contributed by atoms with Gasteiger partial charge in [-0.3, -0.25) is 0 Å². The fourth-order valence-electron chi connectivity index (χ4n) is 1.46. The topological polar surface area (TPSA) is 75.1 Å². The number of carbonyl (C=O) groups is 1. The molecule has 0 unspecified atom stereocenters. The highest BCUT2D eigenvalue weighted by Crippen LogP contribution is 2.21. The zero-order valence-electron chi connectivity index (χ0n) is 9.30. The highest BCUT2D eigenvalue weighted by atomic mass is 79.9. The van der Waals surface area contributed by atoms with Crippen LogP contribution in [0.3, 0.4) is 0 Å². The number of rotatable bonds is 4. The molecule has 0 aliphatic rings. The predicted octanol–water partition coefficient (Wildman–Crippen LogP) is 2.55. The Morgan fingerprint density at radius 1 is 1.39 bits per heavy atom. The van der Waals surface area contributed by atoms with E-state index in [9.17, 15) is 4.79 Å². The lowest BCUT2D eigenvalue weighted by Gasteiger charge is -2.09. The van der Waals surface area contributed by atoms with Crippen molar-refractivity contribution in [3.63, 3.8) is 0 Å². The van der Waals surface area contributed by atoms with Crippen molar-refractivity contribution in [2.75, 3.05) is 5.32 Å². The van der Waals surface area contributed by atoms with Gasteiger partial charge in [0.15, 0.2) is 0 Å². The molecule has 0 fully saturated rings. The molecule has 2 rings (SSSR count). The minimum atomic E-state index is -0.974. The summed E-state index contributed by atoms with van der Waals surface area (Å²) in [6.07, 6.45) is 1.59. The Labute approximate surface area is 112 Å². The fraction of sp³-hybridized carbons (Fsp3) is 0.0833. The number of hydrogen-bond donors (Lipinski definition) is 2. The number of aromatic carboxylic acids is 1. The average molecular weight is 308 g/mol. The molecule has 0 amide bonds. The van der Waals surface area contributed by atoms with Gasteiger partial charge in [-0.25, -0.2) is 4.79 Å². The van der Waals surface area contributed by atoms with Crippen molar-refractivity contribution in [3.8, 4) is 0 Å². The maximum absolute atomic E-state index is 11.1. The van der Waals surface area contributed by atoms with Gasteiger partial charge in [0, 0.05) is 16.4 Å². The van der Waals surface area contributed by atoms with Crippen molar-refractivity contribution in [2.45, 2.75) is 6.54 Å². The Kier molecular flexibility index (Phi) is 3.88. The van der Waals surface area contributed by atoms with Crippen LogP contribution in [-0.2, 0) is 6.54 Å². The standard InChI is InChI=1S/C12H10BrN3O2/c13-8-3-4-11(10(6-8)12(17)18)14-7-9-2-1-5-15-16-9/h1-6,14H,7H2,(H,17,18). The number of anilines is 1. The van der Waals surface area contributed by atoms with Crippen LogP contribution in [0.15, 0.2) is 41.0 Å². The summed E-state index contributed by atoms with van der Waals surface area (Å²) in [5, 5.41) is 19.8. The largest absolute Gasteiger partial charge is 0.478 e. The van der Waals surface area contributed by atoms with Crippen LogP contribution in [0.1, 0.15) is 16.1 Å². The molecule has 0 aliphatic heterocycles. The molecule has 6 heteroatoms. The molecule has 2 aromatic rings. The zero-order chi connectivity index (χ0) is 13.0. The second-order valence-electron chi connectivity index (χ2n) is 3.56. The van der Waals surface area contributed by atoms with E-state index in [4.69, 9.17) is 5.11 Å². The van der Waals surface area contributed by atoms with Crippen LogP contribution in [0.5, 0.6) is 0 Å². The summed E-state index contributed by atoms with van der Waals surface area (Å²) in [7, 11) is 0. The van der Waals surface area contributed by atoms with E-state index in [1.54, 1.807) is 30.5 Å². The maximum Gasteiger partial charge on any atom is 0.337 e. The molecule has 0 atom stereocenters. The lowest BCUT2D eigenvalue weighted by Crippen LogP contribution is -2.07. The number of carboxylic acids is 1. The molecule has 0 saturated carbocycles. The van der Waals surface area contributed by atoms with Gasteiger partial charge in [-0.15, -0.1) is 0 Å². The van der Waals surface area contributed by atoms with Gasteiger partial charge in [0.25, 0.3) is 0 Å². The maximum atomic E-state index is 11.1. The fourth-order valence-corrected chi connectivity index (χ4v) is 1.82. The third kappa shape index (κ3) is 3.04. The molecule has 0 saturated heterocycles. The average Bonchev–Trinajstić information content (AvgIpc) is 2.38. The Balaban J connectivity index is 2.17. The predicted molar refractivity (Wildman–Crippen MR) is 70.5 cm³/mol. The summed E-state index contributed by atoms with van der Waals surface area (Å²) in [5.74, 6) is -0.974. The molecule has 0 radical (unpaired) electrons. The van der Waals surface area contributed by atoms with E-state index in [2.05, 4.69) is 31.4 Å². The Bertz CT molecular complexity index is 561. The lowest BCUT2D eigenvalue weighted by atomic mass is 10.2. The molecule has 0 aliphatic carbocycles. The SMILES string of the molecule is O=C(O)c1cc(Br)ccc1NCc1cccnn1. The molecular formula is C12H10BrN3O2. The second-order valence-corrected chi connectivity index (χ2v) is 4.48. The lowest BCUT2D eigenvalue weighted by molar-refractivity contribution is 0.0698. The molecule has 92 valence electrons. The molecule has 1 heterocycles. The van der Waals surface area contributed by atoms with Crippen molar-refractivity contribution in [2.24, 2.45) is 0 Å². The number of halogens is 1. The van der Waals surface area contributed by atoms with Crippen LogP contribution >= 0.6 is 15.9 Å². The van der Waals surface area contributed by atoms with Crippen molar-refractivity contribution in [1.29, 1.82) is 0 Å². The van der Waals surface area contributed by atoms with Crippen LogP contribution in [0.4, 0.5) is 5.69 Å². The Morgan fingerprint density at radius 2 is 2.22 bits per heavy atom. The van der Waals surface area contributed by atoms with Gasteiger partial charge in [-0.2, -0.15) is 10.2 Å². The molecule has 18 heavy (non-hydrogen) atoms. The van der Waals surface area contributed by atoms with Crippen molar-refractivity contribution < 1.29 is 9.90 Å². The number of nitrogens with one attached hydrogen (secondary N) is 1. The van der Waals surface area contributed by atoms with E-state index in [1.807, 2.05) is 6.07 Å². The third-order valence-corrected chi connectivity index (χ3v) is 2.79. The van der Waals surface area contributed by atoms with Crippen molar-refractivity contribution in [3.05, 3.63) is 52.3 Å². The first-order valence-corrected chi connectivity index (χ1v) is 5.99. The van der Waals surface area contributed by atoms with Crippen LogP contribution in [-0.4, -0.2) is 21.3 Å². The van der Waals surface area contributed by atoms with Gasteiger partial charge >= 0.3 is 5.97 Å². The van der Waals surface area contributed by atoms with Crippen molar-refractivity contribution in [1.82, 2.24) is 10.2 Å².